The van der Waals surface area contributed by atoms with Crippen molar-refractivity contribution >= 4 is 5.91 Å². The highest BCUT2D eigenvalue weighted by Crippen LogP contribution is 2.33. The Labute approximate surface area is 65.1 Å². The number of hydrogen-bond donors (Lipinski definition) is 2. The minimum atomic E-state index is -0.406. The van der Waals surface area contributed by atoms with Crippen LogP contribution in [0.4, 0.5) is 0 Å². The fourth-order valence-corrected chi connectivity index (χ4v) is 1.89. The Balaban J connectivity index is 2.24. The molecule has 0 bridgehead atoms. The van der Waals surface area contributed by atoms with Gasteiger partial charge >= 0.3 is 0 Å². The Bertz CT molecular complexity index is 224. The van der Waals surface area contributed by atoms with Gasteiger partial charge in [0.15, 0.2) is 0 Å². The molecule has 1 spiro atoms. The normalized spacial score (nSPS) is 41.9. The first-order valence-electron chi connectivity index (χ1n) is 3.92. The molecule has 2 N–H and O–H groups in total. The molecule has 0 aromatic heterocycles. The maximum Gasteiger partial charge on any atom is 0.244 e. The van der Waals surface area contributed by atoms with E-state index in [1.54, 1.807) is 6.08 Å². The lowest BCUT2D eigenvalue weighted by Gasteiger charge is -2.25. The SMILES string of the molecule is O=C1C=CC2(CCCC2O)N1. The summed E-state index contributed by atoms with van der Waals surface area (Å²) in [6.45, 7) is 0. The summed E-state index contributed by atoms with van der Waals surface area (Å²) in [4.78, 5) is 10.8. The third kappa shape index (κ3) is 0.878. The molecule has 3 heteroatoms. The van der Waals surface area contributed by atoms with Crippen molar-refractivity contribution in [2.75, 3.05) is 0 Å². The van der Waals surface area contributed by atoms with E-state index in [9.17, 15) is 9.90 Å². The van der Waals surface area contributed by atoms with Gasteiger partial charge in [-0.1, -0.05) is 6.08 Å². The number of nitrogens with one attached hydrogen (secondary N) is 1. The lowest BCUT2D eigenvalue weighted by Crippen LogP contribution is -2.47. The molecule has 60 valence electrons. The van der Waals surface area contributed by atoms with Gasteiger partial charge in [0.25, 0.3) is 0 Å². The standard InChI is InChI=1S/C8H11NO2/c10-6-2-1-4-8(6)5-3-7(11)9-8/h3,5-6,10H,1-2,4H2,(H,9,11). The lowest BCUT2D eigenvalue weighted by atomic mass is 9.97. The van der Waals surface area contributed by atoms with Gasteiger partial charge in [-0.2, -0.15) is 0 Å². The number of rotatable bonds is 0. The van der Waals surface area contributed by atoms with Crippen LogP contribution in [0.1, 0.15) is 19.3 Å². The van der Waals surface area contributed by atoms with Crippen molar-refractivity contribution in [2.45, 2.75) is 30.9 Å². The fourth-order valence-electron chi connectivity index (χ4n) is 1.89. The van der Waals surface area contributed by atoms with Crippen LogP contribution < -0.4 is 5.32 Å². The van der Waals surface area contributed by atoms with Gasteiger partial charge in [0.1, 0.15) is 0 Å². The molecular weight excluding hydrogens is 142 g/mol. The van der Waals surface area contributed by atoms with Crippen molar-refractivity contribution in [2.24, 2.45) is 0 Å². The molecule has 2 rings (SSSR count). The monoisotopic (exact) mass is 153 g/mol. The molecule has 1 heterocycles. The van der Waals surface area contributed by atoms with E-state index >= 15 is 0 Å². The highest BCUT2D eigenvalue weighted by molar-refractivity contribution is 5.91. The van der Waals surface area contributed by atoms with Crippen molar-refractivity contribution in [3.05, 3.63) is 12.2 Å². The molecule has 1 aliphatic heterocycles. The molecule has 3 nitrogen and oxygen atoms in total. The summed E-state index contributed by atoms with van der Waals surface area (Å²) in [6, 6.07) is 0. The molecule has 0 saturated heterocycles. The van der Waals surface area contributed by atoms with E-state index in [4.69, 9.17) is 0 Å². The second kappa shape index (κ2) is 2.08. The minimum absolute atomic E-state index is 0.0778. The summed E-state index contributed by atoms with van der Waals surface area (Å²) < 4.78 is 0. The molecule has 0 aromatic rings. The molecule has 0 radical (unpaired) electrons. The molecular formula is C8H11NO2. The number of aliphatic hydroxyl groups excluding tert-OH is 1. The van der Waals surface area contributed by atoms with E-state index in [2.05, 4.69) is 5.32 Å². The third-order valence-corrected chi connectivity index (χ3v) is 2.55. The van der Waals surface area contributed by atoms with Gasteiger partial charge in [0, 0.05) is 6.08 Å². The predicted molar refractivity (Wildman–Crippen MR) is 39.9 cm³/mol. The first-order valence-corrected chi connectivity index (χ1v) is 3.92. The van der Waals surface area contributed by atoms with E-state index in [0.717, 1.165) is 19.3 Å². The van der Waals surface area contributed by atoms with Crippen molar-refractivity contribution in [3.63, 3.8) is 0 Å². The number of hydrogen-bond acceptors (Lipinski definition) is 2. The third-order valence-electron chi connectivity index (χ3n) is 2.55. The first-order chi connectivity index (χ1) is 5.23. The second-order valence-corrected chi connectivity index (χ2v) is 3.27. The van der Waals surface area contributed by atoms with Crippen LogP contribution in [-0.2, 0) is 4.79 Å². The number of carbonyl (C=O) groups is 1. The fraction of sp³-hybridized carbons (Fsp3) is 0.625. The topological polar surface area (TPSA) is 49.3 Å². The molecule has 2 atom stereocenters. The highest BCUT2D eigenvalue weighted by Gasteiger charge is 2.43. The summed E-state index contributed by atoms with van der Waals surface area (Å²) in [5, 5.41) is 12.3. The van der Waals surface area contributed by atoms with Crippen LogP contribution in [0.15, 0.2) is 12.2 Å². The average molecular weight is 153 g/mol. The van der Waals surface area contributed by atoms with Crippen LogP contribution in [0.25, 0.3) is 0 Å². The summed E-state index contributed by atoms with van der Waals surface area (Å²) in [6.07, 6.45) is 5.58. The van der Waals surface area contributed by atoms with Gasteiger partial charge in [-0.25, -0.2) is 0 Å². The molecule has 2 aliphatic rings. The van der Waals surface area contributed by atoms with Gasteiger partial charge in [-0.3, -0.25) is 4.79 Å². The van der Waals surface area contributed by atoms with Crippen LogP contribution >= 0.6 is 0 Å². The van der Waals surface area contributed by atoms with E-state index in [1.807, 2.05) is 0 Å². The minimum Gasteiger partial charge on any atom is -0.390 e. The van der Waals surface area contributed by atoms with E-state index in [1.165, 1.54) is 6.08 Å². The molecule has 11 heavy (non-hydrogen) atoms. The van der Waals surface area contributed by atoms with Gasteiger partial charge in [-0.15, -0.1) is 0 Å². The van der Waals surface area contributed by atoms with Gasteiger partial charge in [0.2, 0.25) is 5.91 Å². The van der Waals surface area contributed by atoms with E-state index in [0.29, 0.717) is 0 Å². The van der Waals surface area contributed by atoms with Crippen LogP contribution in [0.5, 0.6) is 0 Å². The summed E-state index contributed by atoms with van der Waals surface area (Å²) >= 11 is 0. The van der Waals surface area contributed by atoms with Crippen LogP contribution in [0.3, 0.4) is 0 Å². The molecule has 1 aliphatic carbocycles. The van der Waals surface area contributed by atoms with Gasteiger partial charge < -0.3 is 10.4 Å². The quantitative estimate of drug-likeness (QED) is 0.513. The molecule has 1 amide bonds. The lowest BCUT2D eigenvalue weighted by molar-refractivity contribution is -0.117. The van der Waals surface area contributed by atoms with Crippen LogP contribution in [-0.4, -0.2) is 22.7 Å². The zero-order valence-corrected chi connectivity index (χ0v) is 6.21. The Kier molecular flexibility index (Phi) is 1.29. The largest absolute Gasteiger partial charge is 0.390 e. The Morgan fingerprint density at radius 1 is 1.73 bits per heavy atom. The van der Waals surface area contributed by atoms with Gasteiger partial charge in [0.05, 0.1) is 11.6 Å². The molecule has 2 unspecified atom stereocenters. The molecule has 1 saturated carbocycles. The van der Waals surface area contributed by atoms with E-state index < -0.39 is 5.54 Å². The van der Waals surface area contributed by atoms with E-state index in [-0.39, 0.29) is 12.0 Å². The summed E-state index contributed by atoms with van der Waals surface area (Å²) in [5.74, 6) is -0.0778. The smallest absolute Gasteiger partial charge is 0.244 e. The summed E-state index contributed by atoms with van der Waals surface area (Å²) in [7, 11) is 0. The maximum atomic E-state index is 10.8. The zero-order chi connectivity index (χ0) is 7.90. The molecule has 0 aromatic carbocycles. The highest BCUT2D eigenvalue weighted by atomic mass is 16.3. The second-order valence-electron chi connectivity index (χ2n) is 3.27. The van der Waals surface area contributed by atoms with Crippen molar-refractivity contribution in [1.29, 1.82) is 0 Å². The summed E-state index contributed by atoms with van der Waals surface area (Å²) in [5.41, 5.74) is -0.406. The van der Waals surface area contributed by atoms with Crippen molar-refractivity contribution in [1.82, 2.24) is 5.32 Å². The number of amides is 1. The first kappa shape index (κ1) is 6.85. The predicted octanol–water partition coefficient (Wildman–Crippen LogP) is -0.0440. The van der Waals surface area contributed by atoms with Crippen molar-refractivity contribution in [3.8, 4) is 0 Å². The van der Waals surface area contributed by atoms with Gasteiger partial charge in [-0.05, 0) is 19.3 Å². The molecule has 1 fully saturated rings. The zero-order valence-electron chi connectivity index (χ0n) is 6.21. The van der Waals surface area contributed by atoms with Crippen LogP contribution in [0.2, 0.25) is 0 Å². The number of carbonyl (C=O) groups excluding carboxylic acids is 1. The Hall–Kier alpha value is -0.830. The Morgan fingerprint density at radius 3 is 3.00 bits per heavy atom. The average Bonchev–Trinajstić information content (AvgIpc) is 2.46. The maximum absolute atomic E-state index is 10.8. The Morgan fingerprint density at radius 2 is 2.55 bits per heavy atom. The number of aliphatic hydroxyl groups is 1. The van der Waals surface area contributed by atoms with Crippen molar-refractivity contribution < 1.29 is 9.90 Å². The van der Waals surface area contributed by atoms with Crippen LogP contribution in [0, 0.1) is 0 Å².